The van der Waals surface area contributed by atoms with E-state index in [1.54, 1.807) is 24.4 Å². The first kappa shape index (κ1) is 16.5. The first-order valence-electron chi connectivity index (χ1n) is 8.45. The lowest BCUT2D eigenvalue weighted by atomic mass is 10.1. The molecule has 3 rings (SSSR count). The lowest BCUT2D eigenvalue weighted by Crippen LogP contribution is -2.45. The Kier molecular flexibility index (Phi) is 4.85. The maximum Gasteiger partial charge on any atom is 0.254 e. The van der Waals surface area contributed by atoms with E-state index in [-0.39, 0.29) is 17.7 Å². The summed E-state index contributed by atoms with van der Waals surface area (Å²) >= 11 is 0. The molecule has 0 aliphatic carbocycles. The Bertz CT molecular complexity index is 709. The molecule has 128 valence electrons. The quantitative estimate of drug-likeness (QED) is 0.913. The van der Waals surface area contributed by atoms with Crippen molar-refractivity contribution < 1.29 is 9.90 Å². The SMILES string of the molecule is CCN(CC)CC1CN(C(=O)c2cccc(O)c2)Cc2ccnn21. The van der Waals surface area contributed by atoms with Crippen LogP contribution in [0.4, 0.5) is 0 Å². The van der Waals surface area contributed by atoms with Gasteiger partial charge in [-0.2, -0.15) is 5.10 Å². The molecule has 2 heterocycles. The monoisotopic (exact) mass is 328 g/mol. The third-order valence-electron chi connectivity index (χ3n) is 4.63. The van der Waals surface area contributed by atoms with E-state index in [0.717, 1.165) is 25.3 Å². The number of hydrogen-bond acceptors (Lipinski definition) is 4. The lowest BCUT2D eigenvalue weighted by molar-refractivity contribution is 0.0642. The fourth-order valence-corrected chi connectivity index (χ4v) is 3.28. The molecular formula is C18H24N4O2. The number of carbonyl (C=O) groups is 1. The molecule has 24 heavy (non-hydrogen) atoms. The number of aromatic hydroxyl groups is 1. The molecule has 1 aromatic heterocycles. The molecule has 6 nitrogen and oxygen atoms in total. The van der Waals surface area contributed by atoms with Crippen molar-refractivity contribution in [2.45, 2.75) is 26.4 Å². The van der Waals surface area contributed by atoms with Crippen molar-refractivity contribution >= 4 is 5.91 Å². The largest absolute Gasteiger partial charge is 0.508 e. The zero-order valence-electron chi connectivity index (χ0n) is 14.2. The molecule has 1 aromatic carbocycles. The molecule has 1 aliphatic rings. The second kappa shape index (κ2) is 7.05. The highest BCUT2D eigenvalue weighted by atomic mass is 16.3. The van der Waals surface area contributed by atoms with Crippen LogP contribution in [0.2, 0.25) is 0 Å². The van der Waals surface area contributed by atoms with Crippen molar-refractivity contribution in [2.24, 2.45) is 0 Å². The average Bonchev–Trinajstić information content (AvgIpc) is 3.07. The van der Waals surface area contributed by atoms with Gasteiger partial charge in [0.05, 0.1) is 18.3 Å². The summed E-state index contributed by atoms with van der Waals surface area (Å²) in [5.74, 6) is 0.0606. The number of aromatic nitrogens is 2. The highest BCUT2D eigenvalue weighted by Crippen LogP contribution is 2.23. The smallest absolute Gasteiger partial charge is 0.254 e. The van der Waals surface area contributed by atoms with Gasteiger partial charge in [-0.3, -0.25) is 9.48 Å². The summed E-state index contributed by atoms with van der Waals surface area (Å²) in [5, 5.41) is 14.1. The van der Waals surface area contributed by atoms with Crippen LogP contribution in [0, 0.1) is 0 Å². The molecule has 1 N–H and O–H groups in total. The van der Waals surface area contributed by atoms with Gasteiger partial charge in [0, 0.05) is 24.8 Å². The summed E-state index contributed by atoms with van der Waals surface area (Å²) in [5.41, 5.74) is 1.57. The van der Waals surface area contributed by atoms with Gasteiger partial charge in [0.15, 0.2) is 0 Å². The summed E-state index contributed by atoms with van der Waals surface area (Å²) in [7, 11) is 0. The van der Waals surface area contributed by atoms with Gasteiger partial charge in [-0.1, -0.05) is 19.9 Å². The fraction of sp³-hybridized carbons (Fsp3) is 0.444. The van der Waals surface area contributed by atoms with Crippen LogP contribution in [0.3, 0.4) is 0 Å². The van der Waals surface area contributed by atoms with E-state index in [4.69, 9.17) is 0 Å². The van der Waals surface area contributed by atoms with Crippen LogP contribution >= 0.6 is 0 Å². The standard InChI is InChI=1S/C18H24N4O2/c1-3-20(4-2)11-16-13-21(12-15-8-9-19-22(15)16)18(24)14-6-5-7-17(23)10-14/h5-10,16,23H,3-4,11-13H2,1-2H3. The van der Waals surface area contributed by atoms with Crippen LogP contribution in [0.25, 0.3) is 0 Å². The van der Waals surface area contributed by atoms with Crippen molar-refractivity contribution in [2.75, 3.05) is 26.2 Å². The minimum absolute atomic E-state index is 0.0529. The second-order valence-corrected chi connectivity index (χ2v) is 6.14. The van der Waals surface area contributed by atoms with Gasteiger partial charge in [-0.25, -0.2) is 0 Å². The molecule has 1 aliphatic heterocycles. The summed E-state index contributed by atoms with van der Waals surface area (Å²) in [6.07, 6.45) is 1.80. The number of phenols is 1. The van der Waals surface area contributed by atoms with E-state index in [0.29, 0.717) is 18.7 Å². The summed E-state index contributed by atoms with van der Waals surface area (Å²) < 4.78 is 2.05. The van der Waals surface area contributed by atoms with Crippen LogP contribution < -0.4 is 0 Å². The molecule has 0 spiro atoms. The van der Waals surface area contributed by atoms with Crippen LogP contribution in [0.1, 0.15) is 35.9 Å². The van der Waals surface area contributed by atoms with Crippen molar-refractivity contribution in [1.29, 1.82) is 0 Å². The molecular weight excluding hydrogens is 304 g/mol. The van der Waals surface area contributed by atoms with Crippen molar-refractivity contribution in [3.05, 3.63) is 47.8 Å². The molecule has 0 bridgehead atoms. The predicted octanol–water partition coefficient (Wildman–Crippen LogP) is 2.13. The fourth-order valence-electron chi connectivity index (χ4n) is 3.28. The maximum atomic E-state index is 12.8. The van der Waals surface area contributed by atoms with Crippen LogP contribution in [0.15, 0.2) is 36.5 Å². The third kappa shape index (κ3) is 3.28. The van der Waals surface area contributed by atoms with Gasteiger partial charge < -0.3 is 14.9 Å². The van der Waals surface area contributed by atoms with Gasteiger partial charge in [-0.05, 0) is 37.4 Å². The molecule has 0 saturated carbocycles. The second-order valence-electron chi connectivity index (χ2n) is 6.14. The number of fused-ring (bicyclic) bond motifs is 1. The predicted molar refractivity (Wildman–Crippen MR) is 91.9 cm³/mol. The van der Waals surface area contributed by atoms with Gasteiger partial charge in [0.25, 0.3) is 5.91 Å². The number of likely N-dealkylation sites (N-methyl/N-ethyl adjacent to an activating group) is 1. The Balaban J connectivity index is 1.82. The van der Waals surface area contributed by atoms with E-state index < -0.39 is 0 Å². The molecule has 0 fully saturated rings. The lowest BCUT2D eigenvalue weighted by Gasteiger charge is -2.36. The van der Waals surface area contributed by atoms with Crippen molar-refractivity contribution in [3.8, 4) is 5.75 Å². The van der Waals surface area contributed by atoms with Crippen molar-refractivity contribution in [1.82, 2.24) is 19.6 Å². The molecule has 1 atom stereocenters. The van der Waals surface area contributed by atoms with E-state index in [9.17, 15) is 9.90 Å². The van der Waals surface area contributed by atoms with Crippen molar-refractivity contribution in [3.63, 3.8) is 0 Å². The number of benzene rings is 1. The Hall–Kier alpha value is -2.34. The number of nitrogens with zero attached hydrogens (tertiary/aromatic N) is 4. The zero-order chi connectivity index (χ0) is 17.1. The van der Waals surface area contributed by atoms with Crippen LogP contribution in [-0.4, -0.2) is 56.8 Å². The Morgan fingerprint density at radius 3 is 2.83 bits per heavy atom. The number of carbonyl (C=O) groups excluding carboxylic acids is 1. The normalized spacial score (nSPS) is 17.1. The molecule has 2 aromatic rings. The summed E-state index contributed by atoms with van der Waals surface area (Å²) in [4.78, 5) is 17.0. The maximum absolute atomic E-state index is 12.8. The highest BCUT2D eigenvalue weighted by molar-refractivity contribution is 5.94. The number of rotatable bonds is 5. The molecule has 1 amide bonds. The van der Waals surface area contributed by atoms with E-state index in [2.05, 4.69) is 23.8 Å². The summed E-state index contributed by atoms with van der Waals surface area (Å²) in [6.45, 7) is 8.28. The van der Waals surface area contributed by atoms with E-state index in [1.165, 1.54) is 6.07 Å². The molecule has 1 unspecified atom stereocenters. The van der Waals surface area contributed by atoms with E-state index >= 15 is 0 Å². The molecule has 0 saturated heterocycles. The minimum Gasteiger partial charge on any atom is -0.508 e. The van der Waals surface area contributed by atoms with Gasteiger partial charge in [-0.15, -0.1) is 0 Å². The molecule has 0 radical (unpaired) electrons. The number of hydrogen-bond donors (Lipinski definition) is 1. The molecule has 6 heteroatoms. The zero-order valence-corrected chi connectivity index (χ0v) is 14.2. The Labute approximate surface area is 142 Å². The third-order valence-corrected chi connectivity index (χ3v) is 4.63. The Morgan fingerprint density at radius 2 is 2.12 bits per heavy atom. The summed E-state index contributed by atoms with van der Waals surface area (Å²) in [6, 6.07) is 8.65. The Morgan fingerprint density at radius 1 is 1.33 bits per heavy atom. The van der Waals surface area contributed by atoms with E-state index in [1.807, 2.05) is 15.6 Å². The first-order valence-corrected chi connectivity index (χ1v) is 8.45. The van der Waals surface area contributed by atoms with Crippen LogP contribution in [-0.2, 0) is 6.54 Å². The van der Waals surface area contributed by atoms with Gasteiger partial charge in [0.1, 0.15) is 5.75 Å². The number of amides is 1. The highest BCUT2D eigenvalue weighted by Gasteiger charge is 2.29. The minimum atomic E-state index is -0.0529. The number of phenolic OH excluding ortho intramolecular Hbond substituents is 1. The average molecular weight is 328 g/mol. The first-order chi connectivity index (χ1) is 11.6. The van der Waals surface area contributed by atoms with Gasteiger partial charge in [0.2, 0.25) is 0 Å². The topological polar surface area (TPSA) is 61.6 Å². The van der Waals surface area contributed by atoms with Crippen LogP contribution in [0.5, 0.6) is 5.75 Å². The van der Waals surface area contributed by atoms with Gasteiger partial charge >= 0.3 is 0 Å².